The molecule has 59 heavy (non-hydrogen) atoms. The molecule has 2 saturated heterocycles. The Morgan fingerprint density at radius 1 is 0.712 bits per heavy atom. The Hall–Kier alpha value is -4.59. The van der Waals surface area contributed by atoms with E-state index in [4.69, 9.17) is 4.98 Å². The topological polar surface area (TPSA) is 162 Å². The highest BCUT2D eigenvalue weighted by Gasteiger charge is 2.61. The minimum atomic E-state index is -4.21. The number of aromatic nitrogens is 4. The molecule has 6 aliphatic rings. The number of para-hydroxylation sites is 2. The van der Waals surface area contributed by atoms with Crippen molar-refractivity contribution in [1.29, 1.82) is 0 Å². The number of alkyl halides is 3. The fraction of sp³-hybridized carbons (Fsp3) is 0.500. The van der Waals surface area contributed by atoms with Gasteiger partial charge in [0.15, 0.2) is 0 Å². The molecule has 10 rings (SSSR count). The summed E-state index contributed by atoms with van der Waals surface area (Å²) in [6, 6.07) is 15.0. The summed E-state index contributed by atoms with van der Waals surface area (Å²) >= 11 is 0. The summed E-state index contributed by atoms with van der Waals surface area (Å²) < 4.78 is 90.2. The van der Waals surface area contributed by atoms with E-state index < -0.39 is 43.5 Å². The minimum absolute atomic E-state index is 0.0323. The highest BCUT2D eigenvalue weighted by atomic mass is 32.2. The monoisotopic (exact) mass is 854 g/mol. The molecule has 4 aromatic rings. The molecule has 0 bridgehead atoms. The predicted molar refractivity (Wildman–Crippen MR) is 212 cm³/mol. The fourth-order valence-electron chi connectivity index (χ4n) is 9.73. The van der Waals surface area contributed by atoms with Crippen LogP contribution in [-0.2, 0) is 85.8 Å². The van der Waals surface area contributed by atoms with Crippen LogP contribution in [0.4, 0.5) is 24.5 Å². The van der Waals surface area contributed by atoms with E-state index in [1.807, 2.05) is 53.1 Å². The van der Waals surface area contributed by atoms with Crippen LogP contribution in [0.15, 0.2) is 48.5 Å². The highest BCUT2D eigenvalue weighted by molar-refractivity contribution is 7.88. The first-order valence-corrected chi connectivity index (χ1v) is 23.5. The largest absolute Gasteiger partial charge is 0.389 e. The molecular weight excluding hydrogens is 810 g/mol. The lowest BCUT2D eigenvalue weighted by atomic mass is 9.76. The van der Waals surface area contributed by atoms with Crippen molar-refractivity contribution in [2.24, 2.45) is 0 Å². The van der Waals surface area contributed by atoms with Gasteiger partial charge in [-0.25, -0.2) is 26.8 Å². The molecule has 4 aliphatic heterocycles. The second-order valence-corrected chi connectivity index (χ2v) is 20.6. The number of imidazole rings is 2. The van der Waals surface area contributed by atoms with Crippen molar-refractivity contribution < 1.29 is 39.6 Å². The van der Waals surface area contributed by atoms with Gasteiger partial charge in [0.1, 0.15) is 22.5 Å². The second-order valence-electron chi connectivity index (χ2n) is 16.7. The zero-order chi connectivity index (χ0) is 41.7. The molecule has 2 aliphatic carbocycles. The third-order valence-corrected chi connectivity index (χ3v) is 15.1. The van der Waals surface area contributed by atoms with Crippen LogP contribution in [0.25, 0.3) is 0 Å². The van der Waals surface area contributed by atoms with E-state index in [9.17, 15) is 39.6 Å². The Morgan fingerprint density at radius 3 is 1.78 bits per heavy atom. The smallest absolute Gasteiger partial charge is 0.344 e. The number of nitrogens with zero attached hydrogens (tertiary/aromatic N) is 7. The number of aromatic amines is 1. The van der Waals surface area contributed by atoms with Gasteiger partial charge in [-0.3, -0.25) is 9.59 Å². The number of benzene rings is 2. The number of halogens is 3. The molecule has 19 heteroatoms. The number of carbonyl (C=O) groups is 2. The number of anilines is 2. The average molecular weight is 855 g/mol. The number of sulfonamides is 2. The van der Waals surface area contributed by atoms with E-state index in [0.717, 1.165) is 84.5 Å². The summed E-state index contributed by atoms with van der Waals surface area (Å²) in [5, 5.41) is 0. The summed E-state index contributed by atoms with van der Waals surface area (Å²) in [7, 11) is -6.69. The Kier molecular flexibility index (Phi) is 9.45. The number of rotatable bonds is 9. The first kappa shape index (κ1) is 39.8. The van der Waals surface area contributed by atoms with Gasteiger partial charge in [-0.05, 0) is 68.2 Å². The first-order valence-electron chi connectivity index (χ1n) is 19.8. The lowest BCUT2D eigenvalue weighted by Crippen LogP contribution is -2.64. The molecule has 14 nitrogen and oxygen atoms in total. The van der Waals surface area contributed by atoms with Gasteiger partial charge in [-0.2, -0.15) is 21.8 Å². The maximum atomic E-state index is 13.6. The van der Waals surface area contributed by atoms with Gasteiger partial charge in [0.2, 0.25) is 31.9 Å². The van der Waals surface area contributed by atoms with E-state index in [0.29, 0.717) is 18.1 Å². The number of amides is 2. The molecule has 2 amide bonds. The van der Waals surface area contributed by atoms with Crippen LogP contribution in [0.3, 0.4) is 0 Å². The molecule has 6 heterocycles. The molecule has 2 fully saturated rings. The van der Waals surface area contributed by atoms with Gasteiger partial charge in [-0.15, -0.1) is 0 Å². The van der Waals surface area contributed by atoms with Gasteiger partial charge < -0.3 is 19.4 Å². The highest BCUT2D eigenvalue weighted by Crippen LogP contribution is 2.50. The molecule has 2 spiro atoms. The Balaban J connectivity index is 0.000000156. The van der Waals surface area contributed by atoms with Crippen molar-refractivity contribution in [3.63, 3.8) is 0 Å². The standard InChI is InChI=1S/C22H25F3N4O3S.C18H20N4O3S/c1-33(31,32)27-13-21(14-27)15-6-2-3-8-17(15)29(20(21)30)12-19-26-16-7-4-9-18(16)28(19)11-5-10-22(23,24)25;1-26(24,25)21-10-18(11-21)12-5-2-3-8-15(12)22(17(18)23)9-16-19-13-6-4-7-14(13)20-16/h2-3,6,8H,4-5,7,9-14H2,1H3;2-3,5,8H,4,6-7,9-11H2,1H3,(H,19,20). The van der Waals surface area contributed by atoms with Gasteiger partial charge in [0.25, 0.3) is 0 Å². The Labute approximate surface area is 340 Å². The maximum Gasteiger partial charge on any atom is 0.389 e. The molecule has 0 atom stereocenters. The molecule has 0 radical (unpaired) electrons. The number of carbonyl (C=O) groups excluding carboxylic acids is 2. The number of H-pyrrole nitrogens is 1. The van der Waals surface area contributed by atoms with Gasteiger partial charge >= 0.3 is 6.18 Å². The van der Waals surface area contributed by atoms with E-state index >= 15 is 0 Å². The van der Waals surface area contributed by atoms with Gasteiger partial charge in [0.05, 0.1) is 37.0 Å². The van der Waals surface area contributed by atoms with E-state index in [-0.39, 0.29) is 57.5 Å². The number of nitrogens with one attached hydrogen (secondary N) is 1. The number of hydrogen-bond acceptors (Lipinski definition) is 8. The summed E-state index contributed by atoms with van der Waals surface area (Å²) in [5.41, 5.74) is 5.77. The van der Waals surface area contributed by atoms with E-state index in [1.165, 1.54) is 20.6 Å². The minimum Gasteiger partial charge on any atom is -0.344 e. The summed E-state index contributed by atoms with van der Waals surface area (Å²) in [4.78, 5) is 43.0. The summed E-state index contributed by atoms with van der Waals surface area (Å²) in [6.45, 7) is 1.36. The third-order valence-electron chi connectivity index (χ3n) is 12.7. The second kappa shape index (κ2) is 14.0. The Bertz CT molecular complexity index is 2570. The van der Waals surface area contributed by atoms with Crippen LogP contribution in [0, 0.1) is 0 Å². The molecule has 0 saturated carbocycles. The Morgan fingerprint density at radius 2 is 1.24 bits per heavy atom. The van der Waals surface area contributed by atoms with Crippen LogP contribution >= 0.6 is 0 Å². The van der Waals surface area contributed by atoms with Crippen molar-refractivity contribution >= 4 is 43.2 Å². The van der Waals surface area contributed by atoms with Crippen LogP contribution < -0.4 is 9.80 Å². The number of aryl methyl sites for hydroxylation is 3. The fourth-order valence-corrected chi connectivity index (χ4v) is 11.6. The number of fused-ring (bicyclic) bond motifs is 6. The maximum absolute atomic E-state index is 13.6. The van der Waals surface area contributed by atoms with Crippen molar-refractivity contribution in [2.45, 2.75) is 88.0 Å². The van der Waals surface area contributed by atoms with Crippen molar-refractivity contribution in [3.8, 4) is 0 Å². The van der Waals surface area contributed by atoms with Crippen LogP contribution in [0.2, 0.25) is 0 Å². The molecule has 314 valence electrons. The first-order chi connectivity index (χ1) is 27.9. The number of hydrogen-bond donors (Lipinski definition) is 1. The molecular formula is C40H45F3N8O6S2. The van der Waals surface area contributed by atoms with Crippen molar-refractivity contribution in [3.05, 3.63) is 94.1 Å². The average Bonchev–Trinajstić information content (AvgIpc) is 3.96. The SMILES string of the molecule is CS(=O)(=O)N1CC2(C1)C(=O)N(Cc1nc3c([nH]1)CCC3)c1ccccc12.CS(=O)(=O)N1CC2(C1)C(=O)N(Cc1nc3c(n1CCCC(F)(F)F)CCC3)c1ccccc12. The summed E-state index contributed by atoms with van der Waals surface area (Å²) in [6.07, 6.45) is 2.80. The van der Waals surface area contributed by atoms with Gasteiger partial charge in [0, 0.05) is 61.9 Å². The van der Waals surface area contributed by atoms with Gasteiger partial charge in [-0.1, -0.05) is 36.4 Å². The molecule has 2 aromatic carbocycles. The summed E-state index contributed by atoms with van der Waals surface area (Å²) in [5.74, 6) is 1.17. The van der Waals surface area contributed by atoms with Crippen molar-refractivity contribution in [1.82, 2.24) is 28.1 Å². The normalized spacial score (nSPS) is 20.4. The molecule has 0 unspecified atom stereocenters. The van der Waals surface area contributed by atoms with Crippen LogP contribution in [-0.4, -0.2) is 102 Å². The third kappa shape index (κ3) is 6.77. The zero-order valence-corrected chi connectivity index (χ0v) is 34.4. The van der Waals surface area contributed by atoms with E-state index in [2.05, 4.69) is 9.97 Å². The van der Waals surface area contributed by atoms with Crippen molar-refractivity contribution in [2.75, 3.05) is 48.5 Å². The zero-order valence-electron chi connectivity index (χ0n) is 32.8. The quantitative estimate of drug-likeness (QED) is 0.267. The van der Waals surface area contributed by atoms with Crippen LogP contribution in [0.1, 0.15) is 71.2 Å². The predicted octanol–water partition coefficient (Wildman–Crippen LogP) is 3.73. The lowest BCUT2D eigenvalue weighted by Gasteiger charge is -2.45. The van der Waals surface area contributed by atoms with E-state index in [1.54, 1.807) is 9.80 Å². The lowest BCUT2D eigenvalue weighted by molar-refractivity contribution is -0.136. The molecule has 2 aromatic heterocycles. The molecule has 1 N–H and O–H groups in total. The van der Waals surface area contributed by atoms with Crippen LogP contribution in [0.5, 0.6) is 0 Å².